The van der Waals surface area contributed by atoms with Crippen LogP contribution in [0.4, 0.5) is 0 Å². The van der Waals surface area contributed by atoms with E-state index < -0.39 is 0 Å². The van der Waals surface area contributed by atoms with Gasteiger partial charge in [0.05, 0.1) is 6.20 Å². The molecule has 0 atom stereocenters. The largest absolute Gasteiger partial charge is 3.00 e. The van der Waals surface area contributed by atoms with Gasteiger partial charge in [-0.25, -0.2) is 4.98 Å². The first kappa shape index (κ1) is 14.0. The van der Waals surface area contributed by atoms with E-state index in [9.17, 15) is 0 Å². The molecule has 17 heavy (non-hydrogen) atoms. The summed E-state index contributed by atoms with van der Waals surface area (Å²) in [6.07, 6.45) is 7.26. The maximum absolute atomic E-state index is 4.28. The van der Waals surface area contributed by atoms with E-state index in [4.69, 9.17) is 0 Å². The predicted octanol–water partition coefficient (Wildman–Crippen LogP) is 2.64. The van der Waals surface area contributed by atoms with Gasteiger partial charge in [-0.3, -0.25) is 4.98 Å². The molecule has 0 radical (unpaired) electrons. The summed E-state index contributed by atoms with van der Waals surface area (Å²) in [4.78, 5) is 8.31. The van der Waals surface area contributed by atoms with E-state index in [1.165, 1.54) is 0 Å². The van der Waals surface area contributed by atoms with Gasteiger partial charge in [-0.1, -0.05) is 0 Å². The zero-order valence-electron chi connectivity index (χ0n) is 9.54. The van der Waals surface area contributed by atoms with Crippen molar-refractivity contribution < 1.29 is 32.7 Å². The SMILES string of the molecule is [CH3-].[Y+3].[c-]1cccc(-c2cnc3cnccn23)c1. The second-order valence-corrected chi connectivity index (χ2v) is 3.24. The van der Waals surface area contributed by atoms with Crippen molar-refractivity contribution in [1.29, 1.82) is 0 Å². The van der Waals surface area contributed by atoms with Crippen molar-refractivity contribution in [3.05, 3.63) is 62.5 Å². The predicted molar refractivity (Wildman–Crippen MR) is 63.7 cm³/mol. The Balaban J connectivity index is 0.000000722. The summed E-state index contributed by atoms with van der Waals surface area (Å²) >= 11 is 0. The van der Waals surface area contributed by atoms with Crippen LogP contribution in [0.25, 0.3) is 16.9 Å². The van der Waals surface area contributed by atoms with Crippen LogP contribution in [0, 0.1) is 13.5 Å². The average Bonchev–Trinajstić information content (AvgIpc) is 2.74. The van der Waals surface area contributed by atoms with Crippen molar-refractivity contribution in [3.63, 3.8) is 0 Å². The molecular weight excluding hydrogens is 287 g/mol. The molecule has 80 valence electrons. The molecule has 3 nitrogen and oxygen atoms in total. The van der Waals surface area contributed by atoms with E-state index in [-0.39, 0.29) is 40.1 Å². The van der Waals surface area contributed by atoms with Crippen molar-refractivity contribution in [2.24, 2.45) is 0 Å². The summed E-state index contributed by atoms with van der Waals surface area (Å²) < 4.78 is 2.01. The number of benzene rings is 1. The molecule has 0 aliphatic rings. The third kappa shape index (κ3) is 2.61. The van der Waals surface area contributed by atoms with Crippen molar-refractivity contribution in [2.45, 2.75) is 0 Å². The molecule has 0 amide bonds. The molecule has 4 heteroatoms. The molecular formula is C13H11N3Y+. The van der Waals surface area contributed by atoms with E-state index in [1.54, 1.807) is 12.4 Å². The second-order valence-electron chi connectivity index (χ2n) is 3.24. The minimum Gasteiger partial charge on any atom is -0.358 e. The molecule has 2 aromatic heterocycles. The van der Waals surface area contributed by atoms with Crippen LogP contribution in [-0.2, 0) is 32.7 Å². The number of imidazole rings is 1. The molecule has 1 aromatic carbocycles. The van der Waals surface area contributed by atoms with Crippen LogP contribution < -0.4 is 0 Å². The summed E-state index contributed by atoms with van der Waals surface area (Å²) in [5.41, 5.74) is 3.02. The van der Waals surface area contributed by atoms with Gasteiger partial charge in [0, 0.05) is 24.3 Å². The summed E-state index contributed by atoms with van der Waals surface area (Å²) in [6.45, 7) is 0. The molecule has 0 saturated heterocycles. The topological polar surface area (TPSA) is 30.2 Å². The third-order valence-corrected chi connectivity index (χ3v) is 2.32. The fraction of sp³-hybridized carbons (Fsp3) is 0. The monoisotopic (exact) mass is 298 g/mol. The van der Waals surface area contributed by atoms with Gasteiger partial charge in [0.15, 0.2) is 5.65 Å². The summed E-state index contributed by atoms with van der Waals surface area (Å²) in [6, 6.07) is 10.9. The van der Waals surface area contributed by atoms with E-state index in [2.05, 4.69) is 16.0 Å². The number of hydrogen-bond acceptors (Lipinski definition) is 2. The quantitative estimate of drug-likeness (QED) is 0.647. The Morgan fingerprint density at radius 3 is 2.88 bits per heavy atom. The minimum atomic E-state index is 0. The van der Waals surface area contributed by atoms with E-state index >= 15 is 0 Å². The van der Waals surface area contributed by atoms with Crippen LogP contribution in [-0.4, -0.2) is 14.4 Å². The molecule has 0 N–H and O–H groups in total. The van der Waals surface area contributed by atoms with Crippen LogP contribution >= 0.6 is 0 Å². The molecule has 3 aromatic rings. The molecule has 0 aliphatic carbocycles. The molecule has 0 spiro atoms. The Morgan fingerprint density at radius 2 is 2.12 bits per heavy atom. The van der Waals surface area contributed by atoms with E-state index in [0.29, 0.717) is 0 Å². The smallest absolute Gasteiger partial charge is 0.358 e. The van der Waals surface area contributed by atoms with Crippen molar-refractivity contribution in [1.82, 2.24) is 14.4 Å². The summed E-state index contributed by atoms with van der Waals surface area (Å²) in [7, 11) is 0. The first-order chi connectivity index (χ1) is 7.45. The Labute approximate surface area is 126 Å². The van der Waals surface area contributed by atoms with Crippen LogP contribution in [0.2, 0.25) is 0 Å². The molecule has 2 heterocycles. The standard InChI is InChI=1S/C12H8N3.CH3.Y/c1-2-4-10(5-3-1)11-8-14-12-9-13-6-7-15(11)12;;/h1-2,4-9H;1H3;/q2*-1;+3. The molecule has 3 rings (SSSR count). The normalized spacial score (nSPS) is 9.41. The zero-order valence-corrected chi connectivity index (χ0v) is 12.4. The Kier molecular flexibility index (Phi) is 4.97. The Morgan fingerprint density at radius 1 is 1.24 bits per heavy atom. The van der Waals surface area contributed by atoms with E-state index in [0.717, 1.165) is 16.9 Å². The van der Waals surface area contributed by atoms with E-state index in [1.807, 2.05) is 41.1 Å². The van der Waals surface area contributed by atoms with Gasteiger partial charge in [0.25, 0.3) is 0 Å². The Bertz CT molecular complexity index is 590. The van der Waals surface area contributed by atoms with Gasteiger partial charge < -0.3 is 11.8 Å². The summed E-state index contributed by atoms with van der Waals surface area (Å²) in [5.74, 6) is 0. The maximum atomic E-state index is 4.28. The first-order valence-corrected chi connectivity index (χ1v) is 4.69. The van der Waals surface area contributed by atoms with Gasteiger partial charge in [-0.15, -0.1) is 5.56 Å². The fourth-order valence-corrected chi connectivity index (χ4v) is 1.61. The molecule has 0 bridgehead atoms. The number of fused-ring (bicyclic) bond motifs is 1. The van der Waals surface area contributed by atoms with Crippen LogP contribution in [0.3, 0.4) is 0 Å². The zero-order chi connectivity index (χ0) is 10.1. The molecule has 0 fully saturated rings. The van der Waals surface area contributed by atoms with Crippen LogP contribution in [0.15, 0.2) is 49.1 Å². The number of hydrogen-bond donors (Lipinski definition) is 0. The fourth-order valence-electron chi connectivity index (χ4n) is 1.61. The molecule has 0 unspecified atom stereocenters. The van der Waals surface area contributed by atoms with Crippen molar-refractivity contribution >= 4 is 5.65 Å². The number of aromatic nitrogens is 3. The maximum Gasteiger partial charge on any atom is 3.00 e. The van der Waals surface area contributed by atoms with Gasteiger partial charge in [-0.2, -0.15) is 30.3 Å². The van der Waals surface area contributed by atoms with Crippen LogP contribution in [0.5, 0.6) is 0 Å². The summed E-state index contributed by atoms with van der Waals surface area (Å²) in [5, 5.41) is 0. The van der Waals surface area contributed by atoms with Crippen molar-refractivity contribution in [2.75, 3.05) is 0 Å². The average molecular weight is 298 g/mol. The van der Waals surface area contributed by atoms with Crippen molar-refractivity contribution in [3.8, 4) is 11.3 Å². The van der Waals surface area contributed by atoms with Gasteiger partial charge >= 0.3 is 32.7 Å². The van der Waals surface area contributed by atoms with Gasteiger partial charge in [0.1, 0.15) is 0 Å². The molecule has 0 aliphatic heterocycles. The second kappa shape index (κ2) is 6.03. The number of rotatable bonds is 1. The van der Waals surface area contributed by atoms with Crippen LogP contribution in [0.1, 0.15) is 0 Å². The third-order valence-electron chi connectivity index (χ3n) is 2.32. The first-order valence-electron chi connectivity index (χ1n) is 4.69. The van der Waals surface area contributed by atoms with Gasteiger partial charge in [0.2, 0.25) is 0 Å². The van der Waals surface area contributed by atoms with Gasteiger partial charge in [-0.05, 0) is 0 Å². The number of nitrogens with zero attached hydrogens (tertiary/aromatic N) is 3. The minimum absolute atomic E-state index is 0. The molecule has 0 saturated carbocycles. The Hall–Kier alpha value is -1.06.